The molecule has 0 saturated carbocycles. The van der Waals surface area contributed by atoms with E-state index in [1.165, 1.54) is 18.9 Å². The highest BCUT2D eigenvalue weighted by atomic mass is 16.2. The minimum Gasteiger partial charge on any atom is -0.341 e. The van der Waals surface area contributed by atoms with Crippen LogP contribution in [-0.4, -0.2) is 28.5 Å². The molecule has 1 aliphatic heterocycles. The van der Waals surface area contributed by atoms with Crippen LogP contribution in [0.3, 0.4) is 0 Å². The summed E-state index contributed by atoms with van der Waals surface area (Å²) < 4.78 is 1.55. The third-order valence-corrected chi connectivity index (χ3v) is 3.52. The van der Waals surface area contributed by atoms with Crippen molar-refractivity contribution in [2.24, 2.45) is 0 Å². The van der Waals surface area contributed by atoms with Crippen LogP contribution in [0, 0.1) is 6.92 Å². The molecule has 4 nitrogen and oxygen atoms in total. The van der Waals surface area contributed by atoms with Crippen LogP contribution < -0.4 is 5.56 Å². The molecule has 0 bridgehead atoms. The summed E-state index contributed by atoms with van der Waals surface area (Å²) in [5.74, 6) is 0.0632. The number of rotatable bonds is 2. The normalized spacial score (nSPS) is 16.4. The minimum atomic E-state index is -0.0989. The van der Waals surface area contributed by atoms with Crippen molar-refractivity contribution < 1.29 is 4.79 Å². The number of aryl methyl sites for hydroxylation is 1. The lowest BCUT2D eigenvalue weighted by atomic mass is 10.2. The summed E-state index contributed by atoms with van der Waals surface area (Å²) in [7, 11) is 0. The molecule has 18 heavy (non-hydrogen) atoms. The lowest BCUT2D eigenvalue weighted by Crippen LogP contribution is -2.37. The van der Waals surface area contributed by atoms with Crippen molar-refractivity contribution in [3.8, 4) is 0 Å². The molecular weight excluding hydrogens is 228 g/mol. The molecule has 1 saturated heterocycles. The Morgan fingerprint density at radius 2 is 1.83 bits per heavy atom. The van der Waals surface area contributed by atoms with Crippen molar-refractivity contribution in [3.05, 3.63) is 34.2 Å². The summed E-state index contributed by atoms with van der Waals surface area (Å²) in [5.41, 5.74) is 0.740. The van der Waals surface area contributed by atoms with Crippen LogP contribution in [0.4, 0.5) is 0 Å². The fourth-order valence-corrected chi connectivity index (χ4v) is 2.38. The molecule has 1 aromatic rings. The van der Waals surface area contributed by atoms with E-state index in [1.54, 1.807) is 10.6 Å². The second-order valence-electron chi connectivity index (χ2n) is 4.89. The molecule has 0 spiro atoms. The second-order valence-corrected chi connectivity index (χ2v) is 4.89. The summed E-state index contributed by atoms with van der Waals surface area (Å²) in [5, 5.41) is 0. The predicted molar refractivity (Wildman–Crippen MR) is 70.5 cm³/mol. The summed E-state index contributed by atoms with van der Waals surface area (Å²) >= 11 is 0. The van der Waals surface area contributed by atoms with E-state index >= 15 is 0 Å². The highest BCUT2D eigenvalue weighted by Gasteiger charge is 2.16. The SMILES string of the molecule is Cc1cccc(=O)n1CC(=O)N1CCCCCC1. The van der Waals surface area contributed by atoms with Crippen molar-refractivity contribution in [3.63, 3.8) is 0 Å². The van der Waals surface area contributed by atoms with Gasteiger partial charge in [-0.25, -0.2) is 0 Å². The van der Waals surface area contributed by atoms with Crippen molar-refractivity contribution >= 4 is 5.91 Å². The largest absolute Gasteiger partial charge is 0.341 e. The Bertz CT molecular complexity index is 471. The molecule has 0 atom stereocenters. The molecule has 2 heterocycles. The van der Waals surface area contributed by atoms with Crippen molar-refractivity contribution in [1.29, 1.82) is 0 Å². The van der Waals surface area contributed by atoms with Gasteiger partial charge in [-0.15, -0.1) is 0 Å². The molecule has 0 unspecified atom stereocenters. The summed E-state index contributed by atoms with van der Waals surface area (Å²) in [4.78, 5) is 25.8. The molecule has 98 valence electrons. The van der Waals surface area contributed by atoms with E-state index in [2.05, 4.69) is 0 Å². The lowest BCUT2D eigenvalue weighted by molar-refractivity contribution is -0.131. The van der Waals surface area contributed by atoms with Crippen LogP contribution >= 0.6 is 0 Å². The van der Waals surface area contributed by atoms with Gasteiger partial charge in [0.15, 0.2) is 0 Å². The molecule has 1 aliphatic rings. The first-order valence-corrected chi connectivity index (χ1v) is 6.63. The second kappa shape index (κ2) is 5.85. The average molecular weight is 248 g/mol. The number of likely N-dealkylation sites (tertiary alicyclic amines) is 1. The lowest BCUT2D eigenvalue weighted by Gasteiger charge is -2.21. The van der Waals surface area contributed by atoms with Gasteiger partial charge in [-0.1, -0.05) is 18.9 Å². The third kappa shape index (κ3) is 3.00. The maximum Gasteiger partial charge on any atom is 0.251 e. The number of carbonyl (C=O) groups is 1. The highest BCUT2D eigenvalue weighted by molar-refractivity contribution is 5.76. The van der Waals surface area contributed by atoms with E-state index in [9.17, 15) is 9.59 Å². The molecule has 0 N–H and O–H groups in total. The van der Waals surface area contributed by atoms with E-state index < -0.39 is 0 Å². The van der Waals surface area contributed by atoms with Crippen LogP contribution in [0.25, 0.3) is 0 Å². The monoisotopic (exact) mass is 248 g/mol. The van der Waals surface area contributed by atoms with Crippen LogP contribution in [-0.2, 0) is 11.3 Å². The third-order valence-electron chi connectivity index (χ3n) is 3.52. The summed E-state index contributed by atoms with van der Waals surface area (Å²) in [6, 6.07) is 5.09. The molecule has 0 radical (unpaired) electrons. The molecule has 0 aromatic carbocycles. The zero-order valence-electron chi connectivity index (χ0n) is 10.9. The van der Waals surface area contributed by atoms with Gasteiger partial charge >= 0.3 is 0 Å². The summed E-state index contributed by atoms with van der Waals surface area (Å²) in [6.07, 6.45) is 4.56. The number of amides is 1. The Morgan fingerprint density at radius 1 is 1.17 bits per heavy atom. The molecule has 1 fully saturated rings. The highest BCUT2D eigenvalue weighted by Crippen LogP contribution is 2.10. The zero-order valence-corrected chi connectivity index (χ0v) is 10.9. The minimum absolute atomic E-state index is 0.0632. The van der Waals surface area contributed by atoms with Gasteiger partial charge < -0.3 is 9.47 Å². The maximum atomic E-state index is 12.2. The van der Waals surface area contributed by atoms with E-state index in [-0.39, 0.29) is 18.0 Å². The topological polar surface area (TPSA) is 42.3 Å². The average Bonchev–Trinajstić information content (AvgIpc) is 2.62. The van der Waals surface area contributed by atoms with E-state index in [0.29, 0.717) is 0 Å². The van der Waals surface area contributed by atoms with Crippen LogP contribution in [0.2, 0.25) is 0 Å². The number of aromatic nitrogens is 1. The van der Waals surface area contributed by atoms with Gasteiger partial charge in [-0.05, 0) is 25.8 Å². The first-order chi connectivity index (χ1) is 8.68. The molecule has 1 amide bonds. The van der Waals surface area contributed by atoms with Gasteiger partial charge in [0.25, 0.3) is 5.56 Å². The van der Waals surface area contributed by atoms with Gasteiger partial charge in [-0.3, -0.25) is 9.59 Å². The van der Waals surface area contributed by atoms with Gasteiger partial charge in [0.1, 0.15) is 6.54 Å². The molecule has 2 rings (SSSR count). The number of nitrogens with zero attached hydrogens (tertiary/aromatic N) is 2. The van der Waals surface area contributed by atoms with Gasteiger partial charge in [0.05, 0.1) is 0 Å². The number of hydrogen-bond acceptors (Lipinski definition) is 2. The van der Waals surface area contributed by atoms with Crippen molar-refractivity contribution in [2.75, 3.05) is 13.1 Å². The maximum absolute atomic E-state index is 12.2. The Balaban J connectivity index is 2.08. The zero-order chi connectivity index (χ0) is 13.0. The smallest absolute Gasteiger partial charge is 0.251 e. The molecular formula is C14H20N2O2. The van der Waals surface area contributed by atoms with Crippen molar-refractivity contribution in [2.45, 2.75) is 39.2 Å². The van der Waals surface area contributed by atoms with Gasteiger partial charge in [0.2, 0.25) is 5.91 Å². The van der Waals surface area contributed by atoms with Gasteiger partial charge in [0, 0.05) is 24.8 Å². The Morgan fingerprint density at radius 3 is 2.44 bits per heavy atom. The first kappa shape index (κ1) is 12.9. The summed E-state index contributed by atoms with van der Waals surface area (Å²) in [6.45, 7) is 3.70. The van der Waals surface area contributed by atoms with E-state index in [4.69, 9.17) is 0 Å². The fourth-order valence-electron chi connectivity index (χ4n) is 2.38. The number of carbonyl (C=O) groups excluding carboxylic acids is 1. The first-order valence-electron chi connectivity index (χ1n) is 6.63. The Hall–Kier alpha value is -1.58. The standard InChI is InChI=1S/C14H20N2O2/c1-12-7-6-8-13(17)16(12)11-14(18)15-9-4-2-3-5-10-15/h6-8H,2-5,9-11H2,1H3. The Labute approximate surface area is 107 Å². The van der Waals surface area contributed by atoms with Gasteiger partial charge in [-0.2, -0.15) is 0 Å². The number of hydrogen-bond donors (Lipinski definition) is 0. The molecule has 0 aliphatic carbocycles. The van der Waals surface area contributed by atoms with Crippen molar-refractivity contribution in [1.82, 2.24) is 9.47 Å². The predicted octanol–water partition coefficient (Wildman–Crippen LogP) is 1.56. The van der Waals surface area contributed by atoms with Crippen LogP contribution in [0.5, 0.6) is 0 Å². The quantitative estimate of drug-likeness (QED) is 0.797. The molecule has 4 heteroatoms. The molecule has 1 aromatic heterocycles. The number of pyridine rings is 1. The van der Waals surface area contributed by atoms with E-state index in [0.717, 1.165) is 31.6 Å². The van der Waals surface area contributed by atoms with E-state index in [1.807, 2.05) is 17.9 Å². The fraction of sp³-hybridized carbons (Fsp3) is 0.571. The van der Waals surface area contributed by atoms with Crippen LogP contribution in [0.1, 0.15) is 31.4 Å². The Kier molecular flexibility index (Phi) is 4.18. The van der Waals surface area contributed by atoms with Crippen LogP contribution in [0.15, 0.2) is 23.0 Å².